The van der Waals surface area contributed by atoms with Gasteiger partial charge in [-0.3, -0.25) is 0 Å². The zero-order valence-corrected chi connectivity index (χ0v) is 18.6. The van der Waals surface area contributed by atoms with Crippen LogP contribution in [0.1, 0.15) is 61.8 Å². The van der Waals surface area contributed by atoms with Crippen LogP contribution in [-0.4, -0.2) is 3.26 Å². The summed E-state index contributed by atoms with van der Waals surface area (Å²) in [6, 6.07) is 17.4. The minimum absolute atomic E-state index is 0.536. The fourth-order valence-electron chi connectivity index (χ4n) is 2.45. The Hall–Kier alpha value is -0.240. The molecule has 116 valence electrons. The van der Waals surface area contributed by atoms with Crippen molar-refractivity contribution in [2.24, 2.45) is 0 Å². The molecule has 2 rings (SSSR count). The summed E-state index contributed by atoms with van der Waals surface area (Å²) in [5, 5.41) is 0. The Morgan fingerprint density at radius 3 is 1.23 bits per heavy atom. The van der Waals surface area contributed by atoms with Crippen LogP contribution in [0, 0.1) is 0 Å². The third-order valence-corrected chi connectivity index (χ3v) is 10.4. The molecule has 2 aromatic rings. The van der Waals surface area contributed by atoms with Crippen LogP contribution in [0.3, 0.4) is 0 Å². The predicted octanol–water partition coefficient (Wildman–Crippen LogP) is 6.43. The molecule has 0 radical (unpaired) electrons. The standard InChI is InChI=1S/C19H22.2ClH.Hf/c1-14(2)18-9-5-16(6-10-18)13-17-7-11-19(12-8-17)15(3)4;;;/h5-12,14-15H,1-4H3;2*1H;/q;;;+2/p-2. The van der Waals surface area contributed by atoms with Crippen molar-refractivity contribution in [1.29, 1.82) is 0 Å². The van der Waals surface area contributed by atoms with E-state index in [0.29, 0.717) is 11.8 Å². The van der Waals surface area contributed by atoms with Crippen LogP contribution in [-0.2, 0) is 18.6 Å². The summed E-state index contributed by atoms with van der Waals surface area (Å²) in [7, 11) is 12.9. The van der Waals surface area contributed by atoms with Crippen molar-refractivity contribution in [2.75, 3.05) is 0 Å². The zero-order chi connectivity index (χ0) is 16.3. The van der Waals surface area contributed by atoms with E-state index < -0.39 is 18.6 Å². The van der Waals surface area contributed by atoms with Crippen LogP contribution >= 0.6 is 17.2 Å². The van der Waals surface area contributed by atoms with E-state index in [1.165, 1.54) is 25.5 Å². The van der Waals surface area contributed by atoms with Gasteiger partial charge >= 0.3 is 149 Å². The third kappa shape index (κ3) is 4.40. The van der Waals surface area contributed by atoms with E-state index in [2.05, 4.69) is 76.2 Å². The van der Waals surface area contributed by atoms with Gasteiger partial charge in [-0.1, -0.05) is 0 Å². The summed E-state index contributed by atoms with van der Waals surface area (Å²) in [6.07, 6.45) is 0. The molecule has 0 bridgehead atoms. The van der Waals surface area contributed by atoms with Crippen molar-refractivity contribution in [3.63, 3.8) is 0 Å². The summed E-state index contributed by atoms with van der Waals surface area (Å²) in [5.41, 5.74) is 5.03. The van der Waals surface area contributed by atoms with E-state index in [-0.39, 0.29) is 0 Å². The summed E-state index contributed by atoms with van der Waals surface area (Å²) >= 11 is -2.71. The fourth-order valence-corrected chi connectivity index (χ4v) is 8.79. The molecule has 3 heteroatoms. The molecule has 0 aliphatic carbocycles. The van der Waals surface area contributed by atoms with Crippen molar-refractivity contribution < 1.29 is 18.6 Å². The van der Waals surface area contributed by atoms with Crippen molar-refractivity contribution in [1.82, 2.24) is 0 Å². The first-order chi connectivity index (χ1) is 10.4. The van der Waals surface area contributed by atoms with Crippen LogP contribution in [0.25, 0.3) is 0 Å². The fraction of sp³-hybridized carbons (Fsp3) is 0.316. The topological polar surface area (TPSA) is 0 Å². The Bertz CT molecular complexity index is 595. The Labute approximate surface area is 148 Å². The van der Waals surface area contributed by atoms with E-state index in [0.717, 1.165) is 0 Å². The molecule has 0 amide bonds. The summed E-state index contributed by atoms with van der Waals surface area (Å²) in [6.45, 7) is 8.82. The molecule has 0 saturated carbocycles. The van der Waals surface area contributed by atoms with Crippen molar-refractivity contribution >= 4 is 20.4 Å². The van der Waals surface area contributed by atoms with Crippen molar-refractivity contribution in [3.05, 3.63) is 70.8 Å². The molecule has 0 nitrogen and oxygen atoms in total. The molecule has 22 heavy (non-hydrogen) atoms. The van der Waals surface area contributed by atoms with Gasteiger partial charge in [-0.2, -0.15) is 0 Å². The van der Waals surface area contributed by atoms with Gasteiger partial charge < -0.3 is 0 Å². The van der Waals surface area contributed by atoms with Gasteiger partial charge in [-0.25, -0.2) is 0 Å². The van der Waals surface area contributed by atoms with Crippen LogP contribution in [0.2, 0.25) is 0 Å². The number of halogens is 2. The second-order valence-electron chi connectivity index (χ2n) is 6.19. The van der Waals surface area contributed by atoms with Crippen LogP contribution < -0.4 is 0 Å². The second-order valence-corrected chi connectivity index (χ2v) is 17.6. The molecule has 0 aliphatic rings. The molecular formula is C19H22Cl2Hf. The molecule has 0 unspecified atom stereocenters. The average Bonchev–Trinajstić information content (AvgIpc) is 2.48. The molecule has 0 saturated heterocycles. The molecule has 0 fully saturated rings. The normalized spacial score (nSPS) is 11.1. The molecule has 0 aliphatic heterocycles. The first-order valence-corrected chi connectivity index (χ1v) is 18.4. The van der Waals surface area contributed by atoms with E-state index >= 15 is 0 Å². The van der Waals surface area contributed by atoms with Crippen molar-refractivity contribution in [2.45, 2.75) is 39.5 Å². The second kappa shape index (κ2) is 8.04. The molecule has 0 atom stereocenters. The summed E-state index contributed by atoms with van der Waals surface area (Å²) < 4.78 is 1.18. The SMILES string of the molecule is CC(C)c1ccc([C](c2ccc(C(C)C)cc2)=[Hf]([Cl])[Cl])cc1. The molecule has 0 aromatic heterocycles. The van der Waals surface area contributed by atoms with E-state index in [4.69, 9.17) is 17.2 Å². The Kier molecular flexibility index (Phi) is 6.61. The molecule has 0 N–H and O–H groups in total. The maximum atomic E-state index is 6.46. The van der Waals surface area contributed by atoms with E-state index in [1.54, 1.807) is 0 Å². The van der Waals surface area contributed by atoms with Gasteiger partial charge in [0.2, 0.25) is 0 Å². The predicted molar refractivity (Wildman–Crippen MR) is 96.0 cm³/mol. The minimum atomic E-state index is -2.71. The molecule has 0 spiro atoms. The summed E-state index contributed by atoms with van der Waals surface area (Å²) in [5.74, 6) is 1.07. The van der Waals surface area contributed by atoms with Gasteiger partial charge in [-0.05, 0) is 0 Å². The van der Waals surface area contributed by atoms with Gasteiger partial charge in [-0.15, -0.1) is 0 Å². The number of benzene rings is 2. The van der Waals surface area contributed by atoms with Gasteiger partial charge in [0.1, 0.15) is 0 Å². The van der Waals surface area contributed by atoms with Crippen LogP contribution in [0.5, 0.6) is 0 Å². The Morgan fingerprint density at radius 2 is 1.00 bits per heavy atom. The average molecular weight is 500 g/mol. The Balaban J connectivity index is 2.41. The van der Waals surface area contributed by atoms with E-state index in [1.807, 2.05) is 0 Å². The summed E-state index contributed by atoms with van der Waals surface area (Å²) in [4.78, 5) is 0. The number of rotatable bonds is 4. The van der Waals surface area contributed by atoms with Gasteiger partial charge in [0.05, 0.1) is 0 Å². The number of hydrogen-bond donors (Lipinski definition) is 0. The zero-order valence-electron chi connectivity index (χ0n) is 13.5. The number of hydrogen-bond acceptors (Lipinski definition) is 0. The molecular weight excluding hydrogens is 478 g/mol. The third-order valence-electron chi connectivity index (χ3n) is 3.92. The van der Waals surface area contributed by atoms with Crippen molar-refractivity contribution in [3.8, 4) is 0 Å². The van der Waals surface area contributed by atoms with Gasteiger partial charge in [0, 0.05) is 0 Å². The maximum absolute atomic E-state index is 6.46. The quantitative estimate of drug-likeness (QED) is 0.425. The van der Waals surface area contributed by atoms with E-state index in [9.17, 15) is 0 Å². The van der Waals surface area contributed by atoms with Gasteiger partial charge in [0.25, 0.3) is 0 Å². The van der Waals surface area contributed by atoms with Gasteiger partial charge in [0.15, 0.2) is 0 Å². The molecule has 2 aromatic carbocycles. The molecule has 0 heterocycles. The monoisotopic (exact) mass is 500 g/mol. The van der Waals surface area contributed by atoms with Crippen LogP contribution in [0.4, 0.5) is 0 Å². The first kappa shape index (κ1) is 18.1. The first-order valence-electron chi connectivity index (χ1n) is 7.66. The Morgan fingerprint density at radius 1 is 0.682 bits per heavy atom. The van der Waals surface area contributed by atoms with Crippen LogP contribution in [0.15, 0.2) is 48.5 Å².